The van der Waals surface area contributed by atoms with E-state index >= 15 is 0 Å². The second-order valence-electron chi connectivity index (χ2n) is 9.56. The lowest BCUT2D eigenvalue weighted by atomic mass is 9.71. The number of amides is 1. The zero-order chi connectivity index (χ0) is 24.0. The Kier molecular flexibility index (Phi) is 5.76. The van der Waals surface area contributed by atoms with Gasteiger partial charge in [-0.1, -0.05) is 31.9 Å². The second kappa shape index (κ2) is 8.17. The van der Waals surface area contributed by atoms with Gasteiger partial charge in [0, 0.05) is 40.4 Å². The summed E-state index contributed by atoms with van der Waals surface area (Å²) in [6.45, 7) is 11.3. The van der Waals surface area contributed by atoms with Gasteiger partial charge in [0.05, 0.1) is 17.0 Å². The van der Waals surface area contributed by atoms with E-state index in [1.807, 2.05) is 0 Å². The van der Waals surface area contributed by atoms with Crippen LogP contribution in [0.15, 0.2) is 31.9 Å². The molecule has 0 spiro atoms. The van der Waals surface area contributed by atoms with E-state index in [0.29, 0.717) is 17.0 Å². The van der Waals surface area contributed by atoms with Gasteiger partial charge < -0.3 is 16.4 Å². The summed E-state index contributed by atoms with van der Waals surface area (Å²) in [4.78, 5) is 16.0. The van der Waals surface area contributed by atoms with Gasteiger partial charge in [-0.15, -0.1) is 0 Å². The maximum Gasteiger partial charge on any atom is 0.417 e. The molecule has 1 amide bonds. The fourth-order valence-corrected chi connectivity index (χ4v) is 4.99. The molecule has 1 aromatic heterocycles. The first-order chi connectivity index (χ1) is 15.5. The zero-order valence-electron chi connectivity index (χ0n) is 18.5. The monoisotopic (exact) mass is 458 g/mol. The van der Waals surface area contributed by atoms with Crippen LogP contribution in [0.5, 0.6) is 0 Å². The van der Waals surface area contributed by atoms with Gasteiger partial charge in [0.15, 0.2) is 0 Å². The van der Waals surface area contributed by atoms with Gasteiger partial charge in [-0.25, -0.2) is 4.98 Å². The number of aromatic nitrogens is 1. The molecule has 0 radical (unpaired) electrons. The molecule has 1 heterocycles. The molecular weight excluding hydrogens is 429 g/mol. The Morgan fingerprint density at radius 1 is 1.27 bits per heavy atom. The van der Waals surface area contributed by atoms with Crippen LogP contribution in [0.2, 0.25) is 0 Å². The Balaban J connectivity index is 1.62. The van der Waals surface area contributed by atoms with Crippen molar-refractivity contribution in [2.75, 3.05) is 6.54 Å². The third kappa shape index (κ3) is 4.76. The highest BCUT2D eigenvalue weighted by Gasteiger charge is 2.58. The van der Waals surface area contributed by atoms with Crippen molar-refractivity contribution < 1.29 is 18.0 Å². The summed E-state index contributed by atoms with van der Waals surface area (Å²) in [5, 5.41) is 6.22. The molecule has 4 aliphatic carbocycles. The molecule has 5 nitrogen and oxygen atoms in total. The number of carbonyl (C=O) groups is 1. The van der Waals surface area contributed by atoms with Crippen molar-refractivity contribution in [3.8, 4) is 0 Å². The van der Waals surface area contributed by atoms with E-state index in [4.69, 9.17) is 5.73 Å². The summed E-state index contributed by atoms with van der Waals surface area (Å²) in [5.41, 5.74) is 6.14. The maximum atomic E-state index is 13.5. The molecular formula is C25H29F3N4O. The number of pyridine rings is 1. The molecule has 0 saturated heterocycles. The van der Waals surface area contributed by atoms with Crippen molar-refractivity contribution in [1.82, 2.24) is 15.6 Å². The first-order valence-corrected chi connectivity index (χ1v) is 11.1. The lowest BCUT2D eigenvalue weighted by Gasteiger charge is -2.46. The summed E-state index contributed by atoms with van der Waals surface area (Å²) in [6.07, 6.45) is 5.18. The lowest BCUT2D eigenvalue weighted by molar-refractivity contribution is -0.122. The minimum atomic E-state index is -4.64. The van der Waals surface area contributed by atoms with Crippen molar-refractivity contribution >= 4 is 29.3 Å². The summed E-state index contributed by atoms with van der Waals surface area (Å²) in [7, 11) is 0. The van der Waals surface area contributed by atoms with Gasteiger partial charge in [-0.05, 0) is 50.7 Å². The van der Waals surface area contributed by atoms with Crippen LogP contribution in [0.1, 0.15) is 61.0 Å². The summed E-state index contributed by atoms with van der Waals surface area (Å²) >= 11 is 0. The highest BCUT2D eigenvalue weighted by molar-refractivity contribution is 5.83. The normalized spacial score (nSPS) is 26.1. The van der Waals surface area contributed by atoms with Crippen LogP contribution in [0.4, 0.5) is 13.2 Å². The molecule has 2 bridgehead atoms. The number of carbonyl (C=O) groups excluding carboxylic acids is 1. The molecule has 4 saturated carbocycles. The average molecular weight is 459 g/mol. The molecule has 1 aromatic rings. The van der Waals surface area contributed by atoms with E-state index in [-0.39, 0.29) is 40.7 Å². The highest BCUT2D eigenvalue weighted by Crippen LogP contribution is 2.54. The fraction of sp³-hybridized carbons (Fsp3) is 0.440. The molecule has 4 aliphatic rings. The van der Waals surface area contributed by atoms with Crippen molar-refractivity contribution in [2.45, 2.75) is 55.8 Å². The number of alkyl halides is 3. The lowest BCUT2D eigenvalue weighted by Crippen LogP contribution is -2.60. The number of halogens is 3. The molecule has 4 N–H and O–H groups in total. The van der Waals surface area contributed by atoms with Gasteiger partial charge in [0.1, 0.15) is 0 Å². The predicted octanol–water partition coefficient (Wildman–Crippen LogP) is 4.42. The van der Waals surface area contributed by atoms with E-state index in [9.17, 15) is 18.0 Å². The van der Waals surface area contributed by atoms with E-state index in [1.165, 1.54) is 6.08 Å². The minimum Gasteiger partial charge on any atom is -0.379 e. The van der Waals surface area contributed by atoms with Gasteiger partial charge in [-0.2, -0.15) is 13.2 Å². The summed E-state index contributed by atoms with van der Waals surface area (Å²) < 4.78 is 40.6. The van der Waals surface area contributed by atoms with Crippen LogP contribution in [0, 0.1) is 5.92 Å². The molecule has 0 aromatic carbocycles. The van der Waals surface area contributed by atoms with E-state index in [0.717, 1.165) is 38.5 Å². The molecule has 176 valence electrons. The van der Waals surface area contributed by atoms with Gasteiger partial charge in [0.25, 0.3) is 0 Å². The first kappa shape index (κ1) is 23.3. The van der Waals surface area contributed by atoms with E-state index in [1.54, 1.807) is 18.2 Å². The quantitative estimate of drug-likeness (QED) is 0.512. The summed E-state index contributed by atoms with van der Waals surface area (Å²) in [5.74, 6) is 0.0751. The van der Waals surface area contributed by atoms with Crippen molar-refractivity contribution in [1.29, 1.82) is 0 Å². The number of nitrogens with one attached hydrogen (secondary N) is 2. The van der Waals surface area contributed by atoms with Crippen LogP contribution >= 0.6 is 0 Å². The zero-order valence-corrected chi connectivity index (χ0v) is 18.5. The Morgan fingerprint density at radius 3 is 2.52 bits per heavy atom. The number of rotatable bonds is 9. The molecule has 0 unspecified atom stereocenters. The topological polar surface area (TPSA) is 80.0 Å². The molecule has 5 rings (SSSR count). The molecule has 8 heteroatoms. The Morgan fingerprint density at radius 2 is 1.97 bits per heavy atom. The average Bonchev–Trinajstić information content (AvgIpc) is 3.47. The molecule has 33 heavy (non-hydrogen) atoms. The third-order valence-corrected chi connectivity index (χ3v) is 6.76. The van der Waals surface area contributed by atoms with Crippen molar-refractivity contribution in [3.63, 3.8) is 0 Å². The van der Waals surface area contributed by atoms with Crippen LogP contribution in [-0.4, -0.2) is 34.7 Å². The molecule has 0 atom stereocenters. The fourth-order valence-electron chi connectivity index (χ4n) is 4.99. The number of hydrogen-bond acceptors (Lipinski definition) is 4. The van der Waals surface area contributed by atoms with Gasteiger partial charge >= 0.3 is 6.18 Å². The van der Waals surface area contributed by atoms with Crippen LogP contribution in [0.25, 0.3) is 23.4 Å². The van der Waals surface area contributed by atoms with Crippen LogP contribution in [-0.2, 0) is 4.79 Å². The predicted molar refractivity (Wildman–Crippen MR) is 124 cm³/mol. The first-order valence-electron chi connectivity index (χ1n) is 11.1. The van der Waals surface area contributed by atoms with Crippen molar-refractivity contribution in [3.05, 3.63) is 54.4 Å². The van der Waals surface area contributed by atoms with E-state index in [2.05, 4.69) is 35.4 Å². The largest absolute Gasteiger partial charge is 0.417 e. The highest BCUT2D eigenvalue weighted by atomic mass is 19.4. The number of nitrogens with two attached hydrogens (primary N) is 1. The standard InChI is InChI=1S/C25H29F3N4O/c1-4-19-20(16(3)32-24-10-9-23(29,13-24)14-24)12-18(31-21(19)15(2)25(26,27)28)6-5-11-30-22(33)17-7-8-17/h4-6,12,17,32H,1-3,7-11,13-14,29H2,(H,30,33)/b6-5+. The molecule has 0 aliphatic heterocycles. The minimum absolute atomic E-state index is 0.00804. The van der Waals surface area contributed by atoms with Gasteiger partial charge in [0.2, 0.25) is 5.91 Å². The van der Waals surface area contributed by atoms with Crippen molar-refractivity contribution in [2.24, 2.45) is 11.7 Å². The van der Waals surface area contributed by atoms with E-state index < -0.39 is 11.7 Å². The number of nitrogens with zero attached hydrogens (tertiary/aromatic N) is 1. The summed E-state index contributed by atoms with van der Waals surface area (Å²) in [6, 6.07) is 1.68. The number of hydrogen-bond donors (Lipinski definition) is 3. The maximum absolute atomic E-state index is 13.5. The van der Waals surface area contributed by atoms with Crippen LogP contribution < -0.4 is 16.4 Å². The second-order valence-corrected chi connectivity index (χ2v) is 9.56. The van der Waals surface area contributed by atoms with Gasteiger partial charge in [-0.3, -0.25) is 4.79 Å². The Labute approximate surface area is 191 Å². The van der Waals surface area contributed by atoms with Crippen LogP contribution in [0.3, 0.4) is 0 Å². The smallest absolute Gasteiger partial charge is 0.379 e. The Bertz CT molecular complexity index is 1050. The third-order valence-electron chi connectivity index (χ3n) is 6.76. The Hall–Kier alpha value is -2.87. The number of allylic oxidation sites excluding steroid dienone is 1. The number of fused-ring (bicyclic) bond motifs is 1. The molecule has 4 fully saturated rings. The SMILES string of the molecule is C=Cc1c(C(=C)NC23CCC(N)(C2)C3)cc(/C=C/CNC(=O)C2CC2)nc1C(=C)C(F)(F)F.